The van der Waals surface area contributed by atoms with E-state index in [1.807, 2.05) is 0 Å². The van der Waals surface area contributed by atoms with Crippen LogP contribution in [-0.4, -0.2) is 34.5 Å². The molecule has 1 spiro atoms. The van der Waals surface area contributed by atoms with Crippen molar-refractivity contribution in [1.82, 2.24) is 15.8 Å². The third-order valence-corrected chi connectivity index (χ3v) is 4.84. The summed E-state index contributed by atoms with van der Waals surface area (Å²) in [5.74, 6) is -0.511. The van der Waals surface area contributed by atoms with E-state index < -0.39 is 29.5 Å². The number of hydrogen-bond donors (Lipinski definition) is 2. The van der Waals surface area contributed by atoms with Crippen molar-refractivity contribution < 1.29 is 19.1 Å². The van der Waals surface area contributed by atoms with Crippen LogP contribution in [0.4, 0.5) is 4.79 Å². The van der Waals surface area contributed by atoms with Crippen molar-refractivity contribution in [1.29, 1.82) is 0 Å². The van der Waals surface area contributed by atoms with Gasteiger partial charge in [0, 0.05) is 5.02 Å². The lowest BCUT2D eigenvalue weighted by molar-refractivity contribution is -0.142. The number of carbonyl (C=O) groups is 3. The lowest BCUT2D eigenvalue weighted by Crippen LogP contribution is -2.53. The zero-order valence-corrected chi connectivity index (χ0v) is 14.6. The van der Waals surface area contributed by atoms with Crippen molar-refractivity contribution in [2.45, 2.75) is 50.7 Å². The van der Waals surface area contributed by atoms with E-state index in [0.717, 1.165) is 24.3 Å². The molecule has 0 radical (unpaired) electrons. The van der Waals surface area contributed by atoms with Crippen molar-refractivity contribution in [3.63, 3.8) is 0 Å². The average Bonchev–Trinajstić information content (AvgIpc) is 2.81. The SMILES string of the molecule is CC(Oc1ccc(Cl)cc1)C(=O)NN1C(=O)NC2(CCCCC2)C1=O. The monoisotopic (exact) mass is 365 g/mol. The molecule has 0 bridgehead atoms. The van der Waals surface area contributed by atoms with Crippen LogP contribution in [0.25, 0.3) is 0 Å². The molecule has 0 aromatic heterocycles. The van der Waals surface area contributed by atoms with Crippen LogP contribution in [0, 0.1) is 0 Å². The Bertz CT molecular complexity index is 686. The van der Waals surface area contributed by atoms with Crippen molar-refractivity contribution in [3.05, 3.63) is 29.3 Å². The number of carbonyl (C=O) groups excluding carboxylic acids is 3. The van der Waals surface area contributed by atoms with Gasteiger partial charge in [-0.05, 0) is 44.0 Å². The Kier molecular flexibility index (Phi) is 4.85. The van der Waals surface area contributed by atoms with E-state index >= 15 is 0 Å². The van der Waals surface area contributed by atoms with Gasteiger partial charge in [0.15, 0.2) is 6.10 Å². The standard InChI is InChI=1S/C17H20ClN3O4/c1-11(25-13-7-5-12(18)6-8-13)14(22)20-21-15(23)17(19-16(21)24)9-3-2-4-10-17/h5-8,11H,2-4,9-10H2,1H3,(H,19,24)(H,20,22). The molecule has 2 aliphatic rings. The molecule has 2 fully saturated rings. The lowest BCUT2D eigenvalue weighted by atomic mass is 9.82. The van der Waals surface area contributed by atoms with Crippen molar-refractivity contribution >= 4 is 29.4 Å². The van der Waals surface area contributed by atoms with Gasteiger partial charge in [0.25, 0.3) is 11.8 Å². The first-order valence-electron chi connectivity index (χ1n) is 8.31. The number of rotatable bonds is 4. The van der Waals surface area contributed by atoms with Gasteiger partial charge in [-0.3, -0.25) is 15.0 Å². The molecule has 1 aromatic carbocycles. The minimum Gasteiger partial charge on any atom is -0.481 e. The second-order valence-corrected chi connectivity index (χ2v) is 6.84. The highest BCUT2D eigenvalue weighted by molar-refractivity contribution is 6.30. The predicted octanol–water partition coefficient (Wildman–Crippen LogP) is 2.39. The maximum atomic E-state index is 12.6. The quantitative estimate of drug-likeness (QED) is 0.802. The highest BCUT2D eigenvalue weighted by atomic mass is 35.5. The molecule has 1 atom stereocenters. The zero-order chi connectivity index (χ0) is 18.0. The Morgan fingerprint density at radius 1 is 1.24 bits per heavy atom. The van der Waals surface area contributed by atoms with Crippen LogP contribution in [0.2, 0.25) is 5.02 Å². The van der Waals surface area contributed by atoms with Gasteiger partial charge >= 0.3 is 6.03 Å². The van der Waals surface area contributed by atoms with Gasteiger partial charge in [0.05, 0.1) is 0 Å². The lowest BCUT2D eigenvalue weighted by Gasteiger charge is -2.30. The molecule has 7 nitrogen and oxygen atoms in total. The molecule has 2 N–H and O–H groups in total. The summed E-state index contributed by atoms with van der Waals surface area (Å²) in [7, 11) is 0. The van der Waals surface area contributed by atoms with Crippen LogP contribution in [0.1, 0.15) is 39.0 Å². The molecule has 1 aromatic rings. The number of ether oxygens (including phenoxy) is 1. The smallest absolute Gasteiger partial charge is 0.344 e. The number of nitrogens with zero attached hydrogens (tertiary/aromatic N) is 1. The number of amides is 4. The largest absolute Gasteiger partial charge is 0.481 e. The fourth-order valence-corrected chi connectivity index (χ4v) is 3.31. The van der Waals surface area contributed by atoms with E-state index in [4.69, 9.17) is 16.3 Å². The number of hydrazine groups is 1. The zero-order valence-electron chi connectivity index (χ0n) is 13.9. The Labute approximate surface area is 150 Å². The first-order chi connectivity index (χ1) is 11.9. The molecule has 1 aliphatic carbocycles. The van der Waals surface area contributed by atoms with Gasteiger partial charge in [-0.2, -0.15) is 5.01 Å². The normalized spacial score (nSPS) is 20.3. The summed E-state index contributed by atoms with van der Waals surface area (Å²) < 4.78 is 5.51. The maximum absolute atomic E-state index is 12.6. The Morgan fingerprint density at radius 2 is 1.88 bits per heavy atom. The molecule has 1 aliphatic heterocycles. The number of urea groups is 1. The van der Waals surface area contributed by atoms with Crippen molar-refractivity contribution in [2.24, 2.45) is 0 Å². The molecular formula is C17H20ClN3O4. The minimum absolute atomic E-state index is 0.399. The molecule has 1 saturated carbocycles. The molecule has 3 rings (SSSR count). The van der Waals surface area contributed by atoms with Gasteiger partial charge in [-0.1, -0.05) is 30.9 Å². The second-order valence-electron chi connectivity index (χ2n) is 6.40. The number of halogens is 1. The van der Waals surface area contributed by atoms with Crippen LogP contribution in [0.3, 0.4) is 0 Å². The summed E-state index contributed by atoms with van der Waals surface area (Å²) in [5, 5.41) is 4.07. The Hall–Kier alpha value is -2.28. The fourth-order valence-electron chi connectivity index (χ4n) is 3.19. The number of nitrogens with one attached hydrogen (secondary N) is 2. The molecule has 1 unspecified atom stereocenters. The van der Waals surface area contributed by atoms with Crippen LogP contribution in [0.15, 0.2) is 24.3 Å². The first-order valence-corrected chi connectivity index (χ1v) is 8.68. The van der Waals surface area contributed by atoms with Gasteiger partial charge in [-0.25, -0.2) is 4.79 Å². The summed E-state index contributed by atoms with van der Waals surface area (Å²) in [6, 6.07) is 5.96. The van der Waals surface area contributed by atoms with E-state index in [0.29, 0.717) is 23.6 Å². The molecule has 134 valence electrons. The van der Waals surface area contributed by atoms with Crippen LogP contribution < -0.4 is 15.5 Å². The van der Waals surface area contributed by atoms with Crippen LogP contribution in [0.5, 0.6) is 5.75 Å². The summed E-state index contributed by atoms with van der Waals surface area (Å²) in [6.45, 7) is 1.54. The van der Waals surface area contributed by atoms with E-state index in [1.165, 1.54) is 0 Å². The van der Waals surface area contributed by atoms with Crippen LogP contribution in [-0.2, 0) is 9.59 Å². The van der Waals surface area contributed by atoms with Gasteiger partial charge in [0.2, 0.25) is 0 Å². The molecule has 25 heavy (non-hydrogen) atoms. The Balaban J connectivity index is 1.62. The molecule has 1 saturated heterocycles. The van der Waals surface area contributed by atoms with E-state index in [-0.39, 0.29) is 0 Å². The van der Waals surface area contributed by atoms with E-state index in [9.17, 15) is 14.4 Å². The fraction of sp³-hybridized carbons (Fsp3) is 0.471. The molecule has 4 amide bonds. The minimum atomic E-state index is -0.885. The summed E-state index contributed by atoms with van der Waals surface area (Å²) in [6.07, 6.45) is 3.11. The summed E-state index contributed by atoms with van der Waals surface area (Å²) in [4.78, 5) is 37.1. The number of benzene rings is 1. The topological polar surface area (TPSA) is 87.7 Å². The third-order valence-electron chi connectivity index (χ3n) is 4.59. The van der Waals surface area contributed by atoms with E-state index in [1.54, 1.807) is 31.2 Å². The predicted molar refractivity (Wildman–Crippen MR) is 90.9 cm³/mol. The van der Waals surface area contributed by atoms with Gasteiger partial charge in [-0.15, -0.1) is 0 Å². The molecule has 8 heteroatoms. The Morgan fingerprint density at radius 3 is 2.52 bits per heavy atom. The highest BCUT2D eigenvalue weighted by Gasteiger charge is 2.52. The van der Waals surface area contributed by atoms with Crippen molar-refractivity contribution in [3.8, 4) is 5.75 Å². The van der Waals surface area contributed by atoms with Gasteiger partial charge < -0.3 is 10.1 Å². The number of hydrogen-bond acceptors (Lipinski definition) is 4. The average molecular weight is 366 g/mol. The first kappa shape index (κ1) is 17.5. The summed E-state index contributed by atoms with van der Waals surface area (Å²) >= 11 is 5.80. The molecule has 1 heterocycles. The summed E-state index contributed by atoms with van der Waals surface area (Å²) in [5.41, 5.74) is 1.49. The molecular weight excluding hydrogens is 346 g/mol. The second kappa shape index (κ2) is 6.92. The number of imide groups is 1. The van der Waals surface area contributed by atoms with E-state index in [2.05, 4.69) is 10.7 Å². The van der Waals surface area contributed by atoms with Gasteiger partial charge in [0.1, 0.15) is 11.3 Å². The van der Waals surface area contributed by atoms with Crippen molar-refractivity contribution in [2.75, 3.05) is 0 Å². The third kappa shape index (κ3) is 3.56. The highest BCUT2D eigenvalue weighted by Crippen LogP contribution is 2.33. The van der Waals surface area contributed by atoms with Crippen LogP contribution >= 0.6 is 11.6 Å². The maximum Gasteiger partial charge on any atom is 0.344 e.